The fraction of sp³-hybridized carbons (Fsp3) is 0.333. The van der Waals surface area contributed by atoms with Gasteiger partial charge in [-0.2, -0.15) is 0 Å². The molecule has 1 aliphatic carbocycles. The zero-order valence-corrected chi connectivity index (χ0v) is 15.6. The first kappa shape index (κ1) is 19.9. The third kappa shape index (κ3) is 4.32. The number of hydroxylamine groups is 1. The predicted octanol–water partition coefficient (Wildman–Crippen LogP) is 2.53. The number of alkyl carbamates (subject to hydrolysis) is 1. The van der Waals surface area contributed by atoms with Crippen LogP contribution in [-0.2, 0) is 9.53 Å². The number of unbranched alkanes of at least 4 members (excludes halogenated alkanes) is 1. The largest absolute Gasteiger partial charge is 0.449 e. The number of nitrogens with two attached hydrogens (primary N) is 1. The second-order valence-corrected chi connectivity index (χ2v) is 6.78. The average molecular weight is 383 g/mol. The molecule has 0 radical (unpaired) electrons. The van der Waals surface area contributed by atoms with Gasteiger partial charge < -0.3 is 15.8 Å². The van der Waals surface area contributed by atoms with Gasteiger partial charge in [0, 0.05) is 5.92 Å². The number of hydrogen-bond acceptors (Lipinski definition) is 5. The van der Waals surface area contributed by atoms with E-state index < -0.39 is 18.0 Å². The highest BCUT2D eigenvalue weighted by Crippen LogP contribution is 2.44. The zero-order chi connectivity index (χ0) is 19.9. The maximum atomic E-state index is 12.3. The number of rotatable bonds is 8. The van der Waals surface area contributed by atoms with Crippen LogP contribution in [0.5, 0.6) is 0 Å². The first-order valence-electron chi connectivity index (χ1n) is 9.41. The molecule has 0 saturated heterocycles. The van der Waals surface area contributed by atoms with Gasteiger partial charge >= 0.3 is 6.09 Å². The number of carbonyl (C=O) groups excluding carboxylic acids is 2. The SMILES string of the molecule is NCCCC[C@H](NC(=O)OCC1c2ccccc2-c2ccccc21)C(=O)NO. The summed E-state index contributed by atoms with van der Waals surface area (Å²) in [6.45, 7) is 0.661. The van der Waals surface area contributed by atoms with Gasteiger partial charge in [-0.25, -0.2) is 10.3 Å². The number of nitrogens with one attached hydrogen (secondary N) is 2. The summed E-state index contributed by atoms with van der Waals surface area (Å²) in [5, 5.41) is 11.4. The third-order valence-electron chi connectivity index (χ3n) is 5.01. The van der Waals surface area contributed by atoms with E-state index in [2.05, 4.69) is 17.4 Å². The summed E-state index contributed by atoms with van der Waals surface area (Å²) in [7, 11) is 0. The fourth-order valence-electron chi connectivity index (χ4n) is 3.62. The molecule has 0 spiro atoms. The lowest BCUT2D eigenvalue weighted by Crippen LogP contribution is -2.46. The predicted molar refractivity (Wildman–Crippen MR) is 105 cm³/mol. The van der Waals surface area contributed by atoms with Crippen molar-refractivity contribution >= 4 is 12.0 Å². The Morgan fingerprint density at radius 2 is 1.64 bits per heavy atom. The highest BCUT2D eigenvalue weighted by molar-refractivity contribution is 5.85. The quantitative estimate of drug-likeness (QED) is 0.318. The normalized spacial score (nSPS) is 13.4. The highest BCUT2D eigenvalue weighted by atomic mass is 16.5. The van der Waals surface area contributed by atoms with Gasteiger partial charge in [-0.05, 0) is 48.1 Å². The molecule has 28 heavy (non-hydrogen) atoms. The molecule has 0 unspecified atom stereocenters. The Balaban J connectivity index is 1.64. The van der Waals surface area contributed by atoms with Crippen LogP contribution in [0, 0.1) is 0 Å². The van der Waals surface area contributed by atoms with Gasteiger partial charge in [0.05, 0.1) is 0 Å². The van der Waals surface area contributed by atoms with E-state index in [1.165, 1.54) is 0 Å². The molecule has 0 aromatic heterocycles. The molecule has 3 rings (SSSR count). The summed E-state index contributed by atoms with van der Waals surface area (Å²) < 4.78 is 5.43. The molecule has 7 heteroatoms. The topological polar surface area (TPSA) is 114 Å². The summed E-state index contributed by atoms with van der Waals surface area (Å²) in [5.41, 5.74) is 11.6. The number of hydrogen-bond donors (Lipinski definition) is 4. The van der Waals surface area contributed by atoms with Crippen LogP contribution >= 0.6 is 0 Å². The second kappa shape index (κ2) is 9.34. The smallest absolute Gasteiger partial charge is 0.407 e. The van der Waals surface area contributed by atoms with Gasteiger partial charge in [0.2, 0.25) is 0 Å². The number of amides is 2. The molecule has 148 valence electrons. The van der Waals surface area contributed by atoms with Crippen molar-refractivity contribution in [2.24, 2.45) is 5.73 Å². The average Bonchev–Trinajstić information content (AvgIpc) is 3.05. The number of carbonyl (C=O) groups is 2. The van der Waals surface area contributed by atoms with Crippen LogP contribution in [0.4, 0.5) is 4.79 Å². The summed E-state index contributed by atoms with van der Waals surface area (Å²) in [6.07, 6.45) is 1.05. The van der Waals surface area contributed by atoms with E-state index in [0.717, 1.165) is 28.7 Å². The monoisotopic (exact) mass is 383 g/mol. The van der Waals surface area contributed by atoms with Crippen LogP contribution in [0.2, 0.25) is 0 Å². The summed E-state index contributed by atoms with van der Waals surface area (Å²) >= 11 is 0. The molecule has 2 aromatic carbocycles. The van der Waals surface area contributed by atoms with E-state index >= 15 is 0 Å². The first-order chi connectivity index (χ1) is 13.7. The molecular weight excluding hydrogens is 358 g/mol. The Kier molecular flexibility index (Phi) is 6.62. The van der Waals surface area contributed by atoms with Gasteiger partial charge in [-0.15, -0.1) is 0 Å². The van der Waals surface area contributed by atoms with Gasteiger partial charge in [0.25, 0.3) is 5.91 Å². The minimum Gasteiger partial charge on any atom is -0.449 e. The second-order valence-electron chi connectivity index (χ2n) is 6.78. The van der Waals surface area contributed by atoms with E-state index in [0.29, 0.717) is 19.4 Å². The van der Waals surface area contributed by atoms with Crippen LogP contribution in [0.1, 0.15) is 36.3 Å². The van der Waals surface area contributed by atoms with Gasteiger partial charge in [0.1, 0.15) is 12.6 Å². The minimum atomic E-state index is -0.868. The Morgan fingerprint density at radius 3 is 2.21 bits per heavy atom. The minimum absolute atomic E-state index is 0.0551. The molecule has 0 heterocycles. The Morgan fingerprint density at radius 1 is 1.04 bits per heavy atom. The van der Waals surface area contributed by atoms with Crippen molar-refractivity contribution in [3.8, 4) is 11.1 Å². The van der Waals surface area contributed by atoms with E-state index in [1.54, 1.807) is 5.48 Å². The maximum Gasteiger partial charge on any atom is 0.407 e. The lowest BCUT2D eigenvalue weighted by molar-refractivity contribution is -0.131. The van der Waals surface area contributed by atoms with Crippen molar-refractivity contribution in [2.75, 3.05) is 13.2 Å². The maximum absolute atomic E-state index is 12.3. The molecule has 7 nitrogen and oxygen atoms in total. The molecule has 0 bridgehead atoms. The lowest BCUT2D eigenvalue weighted by Gasteiger charge is -2.18. The Bertz CT molecular complexity index is 794. The highest BCUT2D eigenvalue weighted by Gasteiger charge is 2.29. The molecule has 0 fully saturated rings. The summed E-state index contributed by atoms with van der Waals surface area (Å²) in [5.74, 6) is -0.731. The van der Waals surface area contributed by atoms with Crippen molar-refractivity contribution in [3.63, 3.8) is 0 Å². The van der Waals surface area contributed by atoms with Crippen molar-refractivity contribution in [1.82, 2.24) is 10.8 Å². The van der Waals surface area contributed by atoms with Gasteiger partial charge in [-0.1, -0.05) is 48.5 Å². The Labute approximate surface area is 163 Å². The van der Waals surface area contributed by atoms with Gasteiger partial charge in [0.15, 0.2) is 0 Å². The number of benzene rings is 2. The summed E-state index contributed by atoms with van der Waals surface area (Å²) in [6, 6.07) is 15.3. The summed E-state index contributed by atoms with van der Waals surface area (Å²) in [4.78, 5) is 24.0. The molecular formula is C21H25N3O4. The molecule has 5 N–H and O–H groups in total. The number of fused-ring (bicyclic) bond motifs is 3. The van der Waals surface area contributed by atoms with Crippen molar-refractivity contribution < 1.29 is 19.5 Å². The van der Waals surface area contributed by atoms with Crippen molar-refractivity contribution in [3.05, 3.63) is 59.7 Å². The van der Waals surface area contributed by atoms with E-state index in [9.17, 15) is 9.59 Å². The van der Waals surface area contributed by atoms with Crippen LogP contribution in [-0.4, -0.2) is 36.4 Å². The van der Waals surface area contributed by atoms with E-state index in [-0.39, 0.29) is 12.5 Å². The molecule has 1 aliphatic rings. The van der Waals surface area contributed by atoms with Crippen molar-refractivity contribution in [2.45, 2.75) is 31.2 Å². The molecule has 2 aromatic rings. The first-order valence-corrected chi connectivity index (χ1v) is 9.41. The molecule has 1 atom stereocenters. The molecule has 0 saturated carbocycles. The molecule has 2 amide bonds. The van der Waals surface area contributed by atoms with E-state index in [1.807, 2.05) is 36.4 Å². The van der Waals surface area contributed by atoms with Crippen LogP contribution in [0.25, 0.3) is 11.1 Å². The fourth-order valence-corrected chi connectivity index (χ4v) is 3.62. The Hall–Kier alpha value is -2.90. The van der Waals surface area contributed by atoms with Crippen LogP contribution in [0.15, 0.2) is 48.5 Å². The molecule has 0 aliphatic heterocycles. The zero-order valence-electron chi connectivity index (χ0n) is 15.6. The van der Waals surface area contributed by atoms with Gasteiger partial charge in [-0.3, -0.25) is 10.0 Å². The van der Waals surface area contributed by atoms with E-state index in [4.69, 9.17) is 15.7 Å². The van der Waals surface area contributed by atoms with Crippen LogP contribution < -0.4 is 16.5 Å². The number of ether oxygens (including phenoxy) is 1. The van der Waals surface area contributed by atoms with Crippen LogP contribution in [0.3, 0.4) is 0 Å². The standard InChI is InChI=1S/C21H25N3O4/c22-12-6-5-11-19(20(25)24-27)23-21(26)28-13-18-16-9-3-1-7-14(16)15-8-2-4-10-17(15)18/h1-4,7-10,18-19,27H,5-6,11-13,22H2,(H,23,26)(H,24,25)/t19-/m0/s1. The van der Waals surface area contributed by atoms with Crippen molar-refractivity contribution in [1.29, 1.82) is 0 Å². The lowest BCUT2D eigenvalue weighted by atomic mass is 9.98. The third-order valence-corrected chi connectivity index (χ3v) is 5.01.